The summed E-state index contributed by atoms with van der Waals surface area (Å²) < 4.78 is 0. The molecule has 0 spiro atoms. The first-order chi connectivity index (χ1) is 15.4. The first kappa shape index (κ1) is 25.9. The molecule has 0 saturated heterocycles. The molecule has 0 aromatic rings. The second-order valence-corrected chi connectivity index (χ2v) is 10.7. The number of hydrogen-bond donors (Lipinski definition) is 4. The van der Waals surface area contributed by atoms with Crippen molar-refractivity contribution in [2.24, 2.45) is 0 Å². The Bertz CT molecular complexity index is 764. The monoisotopic (exact) mass is 474 g/mol. The molecule has 0 aromatic carbocycles. The molecular weight excluding hydrogens is 432 g/mol. The fourth-order valence-corrected chi connectivity index (χ4v) is 6.21. The Kier molecular flexibility index (Phi) is 9.43. The lowest BCUT2D eigenvalue weighted by Crippen LogP contribution is -2.59. The van der Waals surface area contributed by atoms with Crippen molar-refractivity contribution in [2.75, 3.05) is 0 Å². The van der Waals surface area contributed by atoms with Gasteiger partial charge in [-0.25, -0.2) is 0 Å². The molecule has 0 bridgehead atoms. The molecule has 0 aliphatic heterocycles. The Morgan fingerprint density at radius 3 is 1.28 bits per heavy atom. The summed E-state index contributed by atoms with van der Waals surface area (Å²) in [5, 5.41) is 24.5. The van der Waals surface area contributed by atoms with Crippen molar-refractivity contribution >= 4 is 25.3 Å². The van der Waals surface area contributed by atoms with Crippen LogP contribution in [0.5, 0.6) is 0 Å². The van der Waals surface area contributed by atoms with Gasteiger partial charge in [0.2, 0.25) is 0 Å². The molecule has 0 heterocycles. The quantitative estimate of drug-likeness (QED) is 0.153. The zero-order valence-corrected chi connectivity index (χ0v) is 21.8. The van der Waals surface area contributed by atoms with Gasteiger partial charge in [-0.3, -0.25) is 0 Å². The van der Waals surface area contributed by atoms with Gasteiger partial charge in [0.15, 0.2) is 0 Å². The minimum atomic E-state index is -1.29. The van der Waals surface area contributed by atoms with Crippen molar-refractivity contribution in [1.82, 2.24) is 0 Å². The lowest BCUT2D eigenvalue weighted by Gasteiger charge is -2.50. The molecule has 3 aliphatic rings. The van der Waals surface area contributed by atoms with E-state index in [0.717, 1.165) is 57.8 Å². The molecular formula is C28H42O2S2. The molecule has 0 fully saturated rings. The van der Waals surface area contributed by atoms with Gasteiger partial charge in [0.25, 0.3) is 0 Å². The first-order valence-electron chi connectivity index (χ1n) is 12.8. The second kappa shape index (κ2) is 11.6. The Balaban J connectivity index is 1.83. The van der Waals surface area contributed by atoms with Gasteiger partial charge in [-0.15, -0.1) is 25.3 Å². The van der Waals surface area contributed by atoms with Crippen LogP contribution in [-0.4, -0.2) is 21.4 Å². The molecule has 2 nitrogen and oxygen atoms in total. The summed E-state index contributed by atoms with van der Waals surface area (Å²) in [6.45, 7) is 4.46. The van der Waals surface area contributed by atoms with Crippen LogP contribution < -0.4 is 0 Å². The fraction of sp³-hybridized carbons (Fsp3) is 0.643. The molecule has 0 saturated carbocycles. The lowest BCUT2D eigenvalue weighted by molar-refractivity contribution is -0.116. The van der Waals surface area contributed by atoms with Crippen molar-refractivity contribution in [3.63, 3.8) is 0 Å². The molecule has 3 rings (SSSR count). The smallest absolute Gasteiger partial charge is 0.123 e. The van der Waals surface area contributed by atoms with Gasteiger partial charge in [0.1, 0.15) is 11.2 Å². The number of allylic oxidation sites excluding steroid dienone is 6. The average molecular weight is 475 g/mol. The Morgan fingerprint density at radius 1 is 0.562 bits per heavy atom. The van der Waals surface area contributed by atoms with Crippen LogP contribution >= 0.6 is 25.3 Å². The summed E-state index contributed by atoms with van der Waals surface area (Å²) in [4.78, 5) is 1.71. The van der Waals surface area contributed by atoms with Gasteiger partial charge >= 0.3 is 0 Å². The van der Waals surface area contributed by atoms with Crippen molar-refractivity contribution in [3.8, 4) is 0 Å². The maximum absolute atomic E-state index is 12.2. The summed E-state index contributed by atoms with van der Waals surface area (Å²) in [6.07, 6.45) is 22.9. The predicted molar refractivity (Wildman–Crippen MR) is 143 cm³/mol. The minimum absolute atomic E-state index is 0.572. The highest BCUT2D eigenvalue weighted by molar-refractivity contribution is 7.85. The SMILES string of the molecule is CCCCCCCCC1(O)C2=CC=C(S)C2=C2C(S)=CC=C2C1(O)CCCCCCCC. The van der Waals surface area contributed by atoms with Crippen molar-refractivity contribution in [1.29, 1.82) is 0 Å². The zero-order chi connectivity index (χ0) is 23.2. The van der Waals surface area contributed by atoms with Crippen LogP contribution in [0.4, 0.5) is 0 Å². The van der Waals surface area contributed by atoms with Crippen molar-refractivity contribution < 1.29 is 10.2 Å². The fourth-order valence-electron chi connectivity index (χ4n) is 5.60. The molecule has 2 N–H and O–H groups in total. The summed E-state index contributed by atoms with van der Waals surface area (Å²) >= 11 is 9.42. The molecule has 2 atom stereocenters. The van der Waals surface area contributed by atoms with E-state index in [-0.39, 0.29) is 0 Å². The van der Waals surface area contributed by atoms with E-state index >= 15 is 0 Å². The Morgan fingerprint density at radius 2 is 0.906 bits per heavy atom. The van der Waals surface area contributed by atoms with Crippen LogP contribution in [0.25, 0.3) is 0 Å². The minimum Gasteiger partial charge on any atom is -0.382 e. The highest BCUT2D eigenvalue weighted by atomic mass is 32.1. The molecule has 3 aliphatic carbocycles. The normalized spacial score (nSPS) is 26.6. The van der Waals surface area contributed by atoms with Crippen LogP contribution in [0.3, 0.4) is 0 Å². The average Bonchev–Trinajstić information content (AvgIpc) is 3.35. The molecule has 32 heavy (non-hydrogen) atoms. The number of hydrogen-bond acceptors (Lipinski definition) is 4. The standard InChI is InChI=1S/C28H42O2S2/c1-3-5-7-9-11-13-19-27(29)21-15-17-23(31)25(21)26-22(16-18-24(26)32)28(27,30)20-14-12-10-8-6-4-2/h15-18,29-32H,3-14,19-20H2,1-2H3. The van der Waals surface area contributed by atoms with E-state index in [2.05, 4.69) is 13.8 Å². The highest BCUT2D eigenvalue weighted by Crippen LogP contribution is 2.58. The third-order valence-electron chi connectivity index (χ3n) is 7.48. The number of thiol groups is 2. The largest absolute Gasteiger partial charge is 0.382 e. The molecule has 0 amide bonds. The van der Waals surface area contributed by atoms with E-state index in [4.69, 9.17) is 25.3 Å². The predicted octanol–water partition coefficient (Wildman–Crippen LogP) is 7.77. The van der Waals surface area contributed by atoms with Crippen LogP contribution in [0.15, 0.2) is 56.4 Å². The van der Waals surface area contributed by atoms with E-state index in [1.165, 1.54) is 51.4 Å². The number of fused-ring (bicyclic) bond motifs is 2. The van der Waals surface area contributed by atoms with Gasteiger partial charge < -0.3 is 10.2 Å². The van der Waals surface area contributed by atoms with Crippen LogP contribution in [0, 0.1) is 0 Å². The van der Waals surface area contributed by atoms with Gasteiger partial charge in [-0.1, -0.05) is 103 Å². The summed E-state index contributed by atoms with van der Waals surface area (Å²) in [6, 6.07) is 0. The van der Waals surface area contributed by atoms with E-state index in [1.54, 1.807) is 0 Å². The van der Waals surface area contributed by atoms with Crippen LogP contribution in [0.2, 0.25) is 0 Å². The maximum Gasteiger partial charge on any atom is 0.123 e. The molecule has 178 valence electrons. The summed E-state index contributed by atoms with van der Waals surface area (Å²) in [7, 11) is 0. The first-order valence-corrected chi connectivity index (χ1v) is 13.7. The van der Waals surface area contributed by atoms with Crippen LogP contribution in [-0.2, 0) is 0 Å². The Labute approximate surface area is 206 Å². The van der Waals surface area contributed by atoms with Gasteiger partial charge in [0, 0.05) is 21.0 Å². The number of unbranched alkanes of at least 4 members (excludes halogenated alkanes) is 10. The van der Waals surface area contributed by atoms with E-state index in [1.807, 2.05) is 24.3 Å². The summed E-state index contributed by atoms with van der Waals surface area (Å²) in [5.74, 6) is 0. The number of rotatable bonds is 14. The highest BCUT2D eigenvalue weighted by Gasteiger charge is 2.59. The van der Waals surface area contributed by atoms with Crippen molar-refractivity contribution in [3.05, 3.63) is 56.4 Å². The third kappa shape index (κ3) is 5.04. The number of aliphatic hydroxyl groups is 2. The van der Waals surface area contributed by atoms with E-state index in [9.17, 15) is 10.2 Å². The topological polar surface area (TPSA) is 40.5 Å². The molecule has 0 aromatic heterocycles. The molecule has 4 heteroatoms. The molecule has 0 radical (unpaired) electrons. The van der Waals surface area contributed by atoms with Gasteiger partial charge in [-0.2, -0.15) is 0 Å². The Hall–Kier alpha value is -0.680. The van der Waals surface area contributed by atoms with Gasteiger partial charge in [-0.05, 0) is 36.1 Å². The zero-order valence-electron chi connectivity index (χ0n) is 20.0. The van der Waals surface area contributed by atoms with Gasteiger partial charge in [0.05, 0.1) is 0 Å². The third-order valence-corrected chi connectivity index (χ3v) is 8.22. The van der Waals surface area contributed by atoms with E-state index in [0.29, 0.717) is 12.8 Å². The van der Waals surface area contributed by atoms with Crippen LogP contribution in [0.1, 0.15) is 104 Å². The van der Waals surface area contributed by atoms with E-state index < -0.39 is 11.2 Å². The van der Waals surface area contributed by atoms with Crippen molar-refractivity contribution in [2.45, 2.75) is 115 Å². The lowest BCUT2D eigenvalue weighted by atomic mass is 9.61. The maximum atomic E-state index is 12.2. The molecule has 2 unspecified atom stereocenters. The second-order valence-electron chi connectivity index (χ2n) is 9.77. The summed E-state index contributed by atoms with van der Waals surface area (Å²) in [5.41, 5.74) is 0.994.